The lowest BCUT2D eigenvalue weighted by Gasteiger charge is -2.34. The second-order valence-electron chi connectivity index (χ2n) is 6.32. The molecular formula is C19H23ClN2O2. The van der Waals surface area contributed by atoms with Gasteiger partial charge in [0.1, 0.15) is 12.4 Å². The number of nitrogens with two attached hydrogens (primary N) is 1. The maximum Gasteiger partial charge on any atom is 0.120 e. The lowest BCUT2D eigenvalue weighted by molar-refractivity contribution is 0.0499. The summed E-state index contributed by atoms with van der Waals surface area (Å²) in [4.78, 5) is 2.23. The van der Waals surface area contributed by atoms with Crippen molar-refractivity contribution in [2.75, 3.05) is 13.1 Å². The number of ether oxygens (including phenoxy) is 1. The standard InChI is InChI=1S/C19H23ClN2O2/c20-16-6-4-14(5-7-16)13-24-17-3-1-2-15(10-17)11-22-9-8-18(21)19(23)12-22/h1-7,10,18-19,23H,8-9,11-13,21H2/t18-,19-/m1/s1. The summed E-state index contributed by atoms with van der Waals surface area (Å²) < 4.78 is 5.87. The third-order valence-electron chi connectivity index (χ3n) is 4.34. The molecule has 1 saturated heterocycles. The van der Waals surface area contributed by atoms with Gasteiger partial charge >= 0.3 is 0 Å². The van der Waals surface area contributed by atoms with E-state index in [9.17, 15) is 5.11 Å². The zero-order valence-electron chi connectivity index (χ0n) is 13.6. The van der Waals surface area contributed by atoms with Gasteiger partial charge in [-0.2, -0.15) is 0 Å². The van der Waals surface area contributed by atoms with Gasteiger partial charge < -0.3 is 15.6 Å². The minimum absolute atomic E-state index is 0.102. The number of β-amino-alcohol motifs (C(OH)–C–C–N with tert-alkyl or cyclic N) is 1. The number of likely N-dealkylation sites (tertiary alicyclic amines) is 1. The third-order valence-corrected chi connectivity index (χ3v) is 4.59. The Morgan fingerprint density at radius 3 is 2.71 bits per heavy atom. The molecular weight excluding hydrogens is 324 g/mol. The normalized spacial score (nSPS) is 21.6. The highest BCUT2D eigenvalue weighted by Crippen LogP contribution is 2.19. The van der Waals surface area contributed by atoms with Crippen molar-refractivity contribution in [2.45, 2.75) is 31.7 Å². The Hall–Kier alpha value is -1.59. The van der Waals surface area contributed by atoms with Gasteiger partial charge in [-0.25, -0.2) is 0 Å². The second-order valence-corrected chi connectivity index (χ2v) is 6.75. The Labute approximate surface area is 147 Å². The van der Waals surface area contributed by atoms with Crippen LogP contribution in [0, 0.1) is 0 Å². The lowest BCUT2D eigenvalue weighted by Crippen LogP contribution is -2.50. The van der Waals surface area contributed by atoms with Crippen LogP contribution in [-0.4, -0.2) is 35.2 Å². The van der Waals surface area contributed by atoms with E-state index in [4.69, 9.17) is 22.1 Å². The molecule has 2 atom stereocenters. The van der Waals surface area contributed by atoms with Crippen molar-refractivity contribution in [1.29, 1.82) is 0 Å². The minimum atomic E-state index is -0.442. The van der Waals surface area contributed by atoms with Crippen LogP contribution in [0.25, 0.3) is 0 Å². The molecule has 24 heavy (non-hydrogen) atoms. The number of rotatable bonds is 5. The molecule has 0 amide bonds. The number of nitrogens with zero attached hydrogens (tertiary/aromatic N) is 1. The maximum atomic E-state index is 9.91. The van der Waals surface area contributed by atoms with Gasteiger partial charge in [0.05, 0.1) is 6.10 Å². The first kappa shape index (κ1) is 17.2. The summed E-state index contributed by atoms with van der Waals surface area (Å²) in [5.74, 6) is 0.844. The van der Waals surface area contributed by atoms with Gasteiger partial charge in [-0.15, -0.1) is 0 Å². The molecule has 4 nitrogen and oxygen atoms in total. The second kappa shape index (κ2) is 7.99. The van der Waals surface area contributed by atoms with E-state index in [0.717, 1.165) is 35.8 Å². The smallest absolute Gasteiger partial charge is 0.120 e. The summed E-state index contributed by atoms with van der Waals surface area (Å²) in [6.07, 6.45) is 0.386. The Morgan fingerprint density at radius 2 is 1.96 bits per heavy atom. The van der Waals surface area contributed by atoms with Crippen LogP contribution in [0.4, 0.5) is 0 Å². The molecule has 0 saturated carbocycles. The van der Waals surface area contributed by atoms with E-state index >= 15 is 0 Å². The van der Waals surface area contributed by atoms with Crippen molar-refractivity contribution < 1.29 is 9.84 Å². The summed E-state index contributed by atoms with van der Waals surface area (Å²) >= 11 is 5.89. The van der Waals surface area contributed by atoms with Crippen LogP contribution in [0.1, 0.15) is 17.5 Å². The van der Waals surface area contributed by atoms with Crippen LogP contribution in [0.3, 0.4) is 0 Å². The Morgan fingerprint density at radius 1 is 1.17 bits per heavy atom. The van der Waals surface area contributed by atoms with E-state index < -0.39 is 6.10 Å². The van der Waals surface area contributed by atoms with Crippen LogP contribution < -0.4 is 10.5 Å². The first-order chi connectivity index (χ1) is 11.6. The summed E-state index contributed by atoms with van der Waals surface area (Å²) in [5, 5.41) is 10.6. The molecule has 0 aromatic heterocycles. The van der Waals surface area contributed by atoms with Gasteiger partial charge in [-0.3, -0.25) is 4.90 Å². The molecule has 0 aliphatic carbocycles. The molecule has 2 aromatic carbocycles. The van der Waals surface area contributed by atoms with Crippen molar-refractivity contribution in [3.8, 4) is 5.75 Å². The molecule has 128 valence electrons. The molecule has 1 heterocycles. The van der Waals surface area contributed by atoms with Crippen LogP contribution >= 0.6 is 11.6 Å². The average molecular weight is 347 g/mol. The number of piperidine rings is 1. The molecule has 3 N–H and O–H groups in total. The number of aliphatic hydroxyl groups excluding tert-OH is 1. The molecule has 5 heteroatoms. The van der Waals surface area contributed by atoms with Gasteiger partial charge in [0.25, 0.3) is 0 Å². The Bertz CT molecular complexity index is 663. The highest BCUT2D eigenvalue weighted by Gasteiger charge is 2.24. The predicted octanol–water partition coefficient (Wildman–Crippen LogP) is 2.81. The van der Waals surface area contributed by atoms with Crippen LogP contribution in [-0.2, 0) is 13.2 Å². The SMILES string of the molecule is N[C@@H]1CCN(Cc2cccc(OCc3ccc(Cl)cc3)c2)C[C@H]1O. The molecule has 0 bridgehead atoms. The van der Waals surface area contributed by atoms with Gasteiger partial charge in [-0.1, -0.05) is 35.9 Å². The van der Waals surface area contributed by atoms with Crippen molar-refractivity contribution in [3.05, 3.63) is 64.7 Å². The van der Waals surface area contributed by atoms with Crippen LogP contribution in [0.15, 0.2) is 48.5 Å². The fraction of sp³-hybridized carbons (Fsp3) is 0.368. The van der Waals surface area contributed by atoms with Crippen LogP contribution in [0.5, 0.6) is 5.75 Å². The quantitative estimate of drug-likeness (QED) is 0.874. The molecule has 0 radical (unpaired) electrons. The van der Waals surface area contributed by atoms with Gasteiger partial charge in [0, 0.05) is 30.7 Å². The summed E-state index contributed by atoms with van der Waals surface area (Å²) in [7, 11) is 0. The topological polar surface area (TPSA) is 58.7 Å². The fourth-order valence-corrected chi connectivity index (χ4v) is 3.02. The predicted molar refractivity (Wildman–Crippen MR) is 96.1 cm³/mol. The molecule has 1 aliphatic rings. The van der Waals surface area contributed by atoms with Crippen molar-refractivity contribution in [2.24, 2.45) is 5.73 Å². The number of halogens is 1. The molecule has 1 fully saturated rings. The molecule has 2 aromatic rings. The molecule has 0 spiro atoms. The van der Waals surface area contributed by atoms with Gasteiger partial charge in [0.15, 0.2) is 0 Å². The van der Waals surface area contributed by atoms with Crippen molar-refractivity contribution in [1.82, 2.24) is 4.90 Å². The van der Waals surface area contributed by atoms with E-state index in [1.54, 1.807) is 0 Å². The van der Waals surface area contributed by atoms with E-state index in [1.165, 1.54) is 5.56 Å². The third kappa shape index (κ3) is 4.71. The van der Waals surface area contributed by atoms with Gasteiger partial charge in [0.2, 0.25) is 0 Å². The van der Waals surface area contributed by atoms with Crippen LogP contribution in [0.2, 0.25) is 5.02 Å². The fourth-order valence-electron chi connectivity index (χ4n) is 2.90. The molecule has 1 aliphatic heterocycles. The highest BCUT2D eigenvalue weighted by atomic mass is 35.5. The first-order valence-electron chi connectivity index (χ1n) is 8.22. The van der Waals surface area contributed by atoms with E-state index in [0.29, 0.717) is 13.2 Å². The van der Waals surface area contributed by atoms with E-state index in [-0.39, 0.29) is 6.04 Å². The van der Waals surface area contributed by atoms with E-state index in [1.807, 2.05) is 36.4 Å². The molecule has 0 unspecified atom stereocenters. The Balaban J connectivity index is 1.56. The van der Waals surface area contributed by atoms with Crippen molar-refractivity contribution in [3.63, 3.8) is 0 Å². The number of benzene rings is 2. The number of aliphatic hydroxyl groups is 1. The average Bonchev–Trinajstić information content (AvgIpc) is 2.58. The number of hydrogen-bond acceptors (Lipinski definition) is 4. The summed E-state index contributed by atoms with van der Waals surface area (Å²) in [6, 6.07) is 15.6. The minimum Gasteiger partial charge on any atom is -0.489 e. The first-order valence-corrected chi connectivity index (χ1v) is 8.60. The zero-order valence-corrected chi connectivity index (χ0v) is 14.3. The van der Waals surface area contributed by atoms with E-state index in [2.05, 4.69) is 17.0 Å². The summed E-state index contributed by atoms with van der Waals surface area (Å²) in [6.45, 7) is 2.84. The Kier molecular flexibility index (Phi) is 5.74. The molecule has 3 rings (SSSR count). The van der Waals surface area contributed by atoms with Crippen molar-refractivity contribution >= 4 is 11.6 Å². The highest BCUT2D eigenvalue weighted by molar-refractivity contribution is 6.30. The monoisotopic (exact) mass is 346 g/mol. The summed E-state index contributed by atoms with van der Waals surface area (Å²) in [5.41, 5.74) is 8.11. The largest absolute Gasteiger partial charge is 0.489 e. The maximum absolute atomic E-state index is 9.91. The number of hydrogen-bond donors (Lipinski definition) is 2. The van der Waals surface area contributed by atoms with Gasteiger partial charge in [-0.05, 0) is 41.8 Å². The zero-order chi connectivity index (χ0) is 16.9. The lowest BCUT2D eigenvalue weighted by atomic mass is 10.0.